The van der Waals surface area contributed by atoms with Gasteiger partial charge in [-0.1, -0.05) is 39.0 Å². The molecule has 0 aromatic carbocycles. The highest BCUT2D eigenvalue weighted by Crippen LogP contribution is 2.14. The second kappa shape index (κ2) is 10.6. The molecule has 1 atom stereocenters. The molecule has 1 saturated heterocycles. The number of primary amides is 1. The number of rotatable bonds is 10. The molecule has 1 aliphatic rings. The van der Waals surface area contributed by atoms with Gasteiger partial charge in [0.05, 0.1) is 6.54 Å². The second-order valence-electron chi connectivity index (χ2n) is 6.01. The Balaban J connectivity index is 2.34. The van der Waals surface area contributed by atoms with Gasteiger partial charge in [-0.25, -0.2) is 0 Å². The first-order valence-corrected chi connectivity index (χ1v) is 8.43. The van der Waals surface area contributed by atoms with Gasteiger partial charge in [-0.05, 0) is 25.8 Å². The van der Waals surface area contributed by atoms with Crippen molar-refractivity contribution in [3.63, 3.8) is 0 Å². The molecule has 2 amide bonds. The minimum absolute atomic E-state index is 0.0566. The monoisotopic (exact) mass is 297 g/mol. The molecular weight excluding hydrogens is 266 g/mol. The zero-order valence-electron chi connectivity index (χ0n) is 13.4. The first-order valence-electron chi connectivity index (χ1n) is 8.43. The van der Waals surface area contributed by atoms with Gasteiger partial charge in [-0.2, -0.15) is 0 Å². The summed E-state index contributed by atoms with van der Waals surface area (Å²) < 4.78 is 0. The van der Waals surface area contributed by atoms with E-state index in [1.165, 1.54) is 25.7 Å². The molecular formula is C16H31N3O2. The largest absolute Gasteiger partial charge is 0.368 e. The van der Waals surface area contributed by atoms with Crippen LogP contribution in [0.25, 0.3) is 0 Å². The summed E-state index contributed by atoms with van der Waals surface area (Å²) in [5.74, 6) is -0.338. The highest BCUT2D eigenvalue weighted by Gasteiger charge is 2.25. The summed E-state index contributed by atoms with van der Waals surface area (Å²) in [5, 5.41) is 3.29. The number of hydrogen-bond acceptors (Lipinski definition) is 3. The van der Waals surface area contributed by atoms with Crippen molar-refractivity contribution >= 4 is 11.8 Å². The van der Waals surface area contributed by atoms with Crippen molar-refractivity contribution < 1.29 is 9.59 Å². The zero-order valence-corrected chi connectivity index (χ0v) is 13.4. The van der Waals surface area contributed by atoms with E-state index in [0.29, 0.717) is 6.42 Å². The predicted molar refractivity (Wildman–Crippen MR) is 84.8 cm³/mol. The lowest BCUT2D eigenvalue weighted by atomic mass is 10.0. The Bertz CT molecular complexity index is 315. The van der Waals surface area contributed by atoms with Crippen LogP contribution in [0.3, 0.4) is 0 Å². The Morgan fingerprint density at radius 1 is 1.19 bits per heavy atom. The van der Waals surface area contributed by atoms with Gasteiger partial charge < -0.3 is 16.0 Å². The highest BCUT2D eigenvalue weighted by atomic mass is 16.2. The molecule has 1 aliphatic heterocycles. The van der Waals surface area contributed by atoms with Crippen molar-refractivity contribution in [3.8, 4) is 0 Å². The number of nitrogens with zero attached hydrogens (tertiary/aromatic N) is 1. The number of carbonyl (C=O) groups is 2. The molecule has 0 aliphatic carbocycles. The summed E-state index contributed by atoms with van der Waals surface area (Å²) in [7, 11) is 0. The van der Waals surface area contributed by atoms with Crippen LogP contribution in [0, 0.1) is 0 Å². The van der Waals surface area contributed by atoms with Crippen molar-refractivity contribution in [1.29, 1.82) is 0 Å². The van der Waals surface area contributed by atoms with E-state index in [-0.39, 0.29) is 18.5 Å². The number of unbranched alkanes of at least 4 members (excludes halogenated alkanes) is 5. The van der Waals surface area contributed by atoms with Gasteiger partial charge in [0.1, 0.15) is 0 Å². The van der Waals surface area contributed by atoms with Gasteiger partial charge >= 0.3 is 0 Å². The fraction of sp³-hybridized carbons (Fsp3) is 0.875. The molecule has 122 valence electrons. The Morgan fingerprint density at radius 2 is 1.90 bits per heavy atom. The Morgan fingerprint density at radius 3 is 2.52 bits per heavy atom. The van der Waals surface area contributed by atoms with E-state index >= 15 is 0 Å². The summed E-state index contributed by atoms with van der Waals surface area (Å²) in [6, 6.07) is 0.124. The van der Waals surface area contributed by atoms with Crippen LogP contribution in [0.5, 0.6) is 0 Å². The van der Waals surface area contributed by atoms with E-state index in [1.807, 2.05) is 0 Å². The minimum atomic E-state index is -0.420. The van der Waals surface area contributed by atoms with E-state index in [1.54, 1.807) is 4.90 Å². The smallest absolute Gasteiger partial charge is 0.237 e. The standard InChI is InChI=1S/C16H31N3O2/c1-2-3-4-5-6-7-10-16(21)19(13-15(17)20)14-9-8-11-18-12-14/h14,18H,2-13H2,1H3,(H2,17,20). The fourth-order valence-electron chi connectivity index (χ4n) is 2.89. The normalized spacial score (nSPS) is 18.4. The first-order chi connectivity index (χ1) is 10.1. The molecule has 1 heterocycles. The van der Waals surface area contributed by atoms with Gasteiger partial charge in [-0.15, -0.1) is 0 Å². The third-order valence-corrected chi connectivity index (χ3v) is 4.10. The maximum atomic E-state index is 12.4. The Labute approximate surface area is 128 Å². The predicted octanol–water partition coefficient (Wildman–Crippen LogP) is 1.80. The molecule has 0 bridgehead atoms. The van der Waals surface area contributed by atoms with Gasteiger partial charge in [-0.3, -0.25) is 9.59 Å². The lowest BCUT2D eigenvalue weighted by Crippen LogP contribution is -2.51. The molecule has 21 heavy (non-hydrogen) atoms. The van der Waals surface area contributed by atoms with E-state index in [2.05, 4.69) is 12.2 Å². The zero-order chi connectivity index (χ0) is 15.5. The van der Waals surface area contributed by atoms with Crippen molar-refractivity contribution in [1.82, 2.24) is 10.2 Å². The van der Waals surface area contributed by atoms with Crippen molar-refractivity contribution in [2.75, 3.05) is 19.6 Å². The average Bonchev–Trinajstić information content (AvgIpc) is 2.49. The molecule has 1 rings (SSSR count). The van der Waals surface area contributed by atoms with Crippen LogP contribution in [0.2, 0.25) is 0 Å². The summed E-state index contributed by atoms with van der Waals surface area (Å²) in [4.78, 5) is 25.3. The maximum absolute atomic E-state index is 12.4. The molecule has 5 nitrogen and oxygen atoms in total. The lowest BCUT2D eigenvalue weighted by Gasteiger charge is -2.34. The lowest BCUT2D eigenvalue weighted by molar-refractivity contribution is -0.138. The third-order valence-electron chi connectivity index (χ3n) is 4.10. The van der Waals surface area contributed by atoms with E-state index < -0.39 is 5.91 Å². The molecule has 1 unspecified atom stereocenters. The number of piperidine rings is 1. The van der Waals surface area contributed by atoms with E-state index in [9.17, 15) is 9.59 Å². The van der Waals surface area contributed by atoms with E-state index in [0.717, 1.165) is 38.8 Å². The number of carbonyl (C=O) groups excluding carboxylic acids is 2. The highest BCUT2D eigenvalue weighted by molar-refractivity contribution is 5.84. The molecule has 0 spiro atoms. The average molecular weight is 297 g/mol. The van der Waals surface area contributed by atoms with Crippen LogP contribution in [-0.2, 0) is 9.59 Å². The van der Waals surface area contributed by atoms with Crippen LogP contribution in [0.1, 0.15) is 64.7 Å². The summed E-state index contributed by atoms with van der Waals surface area (Å²) >= 11 is 0. The van der Waals surface area contributed by atoms with Crippen molar-refractivity contribution in [2.24, 2.45) is 5.73 Å². The number of nitrogens with one attached hydrogen (secondary N) is 1. The summed E-state index contributed by atoms with van der Waals surface area (Å²) in [6.07, 6.45) is 9.51. The van der Waals surface area contributed by atoms with Crippen molar-refractivity contribution in [3.05, 3.63) is 0 Å². The van der Waals surface area contributed by atoms with E-state index in [4.69, 9.17) is 5.73 Å². The van der Waals surface area contributed by atoms with Gasteiger partial charge in [0.2, 0.25) is 11.8 Å². The molecule has 0 saturated carbocycles. The van der Waals surface area contributed by atoms with Crippen molar-refractivity contribution in [2.45, 2.75) is 70.8 Å². The summed E-state index contributed by atoms with van der Waals surface area (Å²) in [6.45, 7) is 4.02. The maximum Gasteiger partial charge on any atom is 0.237 e. The van der Waals surface area contributed by atoms with Gasteiger partial charge in [0.25, 0.3) is 0 Å². The third kappa shape index (κ3) is 7.46. The second-order valence-corrected chi connectivity index (χ2v) is 6.01. The molecule has 0 aromatic heterocycles. The quantitative estimate of drug-likeness (QED) is 0.604. The van der Waals surface area contributed by atoms with Crippen LogP contribution in [-0.4, -0.2) is 42.4 Å². The Kier molecular flexibility index (Phi) is 9.06. The number of amides is 2. The Hall–Kier alpha value is -1.10. The van der Waals surface area contributed by atoms with Crippen LogP contribution in [0.15, 0.2) is 0 Å². The van der Waals surface area contributed by atoms with Gasteiger partial charge in [0.15, 0.2) is 0 Å². The molecule has 0 radical (unpaired) electrons. The summed E-state index contributed by atoms with van der Waals surface area (Å²) in [5.41, 5.74) is 5.29. The van der Waals surface area contributed by atoms with Crippen LogP contribution >= 0.6 is 0 Å². The molecule has 5 heteroatoms. The van der Waals surface area contributed by atoms with Crippen LogP contribution < -0.4 is 11.1 Å². The molecule has 1 fully saturated rings. The van der Waals surface area contributed by atoms with Gasteiger partial charge in [0, 0.05) is 19.0 Å². The fourth-order valence-corrected chi connectivity index (χ4v) is 2.89. The number of hydrogen-bond donors (Lipinski definition) is 2. The molecule has 3 N–H and O–H groups in total. The topological polar surface area (TPSA) is 75.4 Å². The first kappa shape index (κ1) is 18.0. The minimum Gasteiger partial charge on any atom is -0.368 e. The molecule has 0 aromatic rings. The van der Waals surface area contributed by atoms with Crippen LogP contribution in [0.4, 0.5) is 0 Å². The SMILES string of the molecule is CCCCCCCCC(=O)N(CC(N)=O)C1CCCNC1. The number of nitrogens with two attached hydrogens (primary N) is 1.